The predicted octanol–water partition coefficient (Wildman–Crippen LogP) is 3.68. The molecule has 0 saturated carbocycles. The van der Waals surface area contributed by atoms with Crippen LogP contribution in [-0.2, 0) is 0 Å². The molecule has 8 heteroatoms. The number of ether oxygens (including phenoxy) is 3. The van der Waals surface area contributed by atoms with Crippen molar-refractivity contribution < 1.29 is 23.4 Å². The Morgan fingerprint density at radius 3 is 2.43 bits per heavy atom. The van der Waals surface area contributed by atoms with Crippen LogP contribution in [0.5, 0.6) is 17.2 Å². The summed E-state index contributed by atoms with van der Waals surface area (Å²) in [5, 5.41) is 7.07. The molecule has 0 atom stereocenters. The molecule has 0 aliphatic heterocycles. The fourth-order valence-electron chi connectivity index (χ4n) is 2.61. The maximum Gasteiger partial charge on any atom is 0.280 e. The second kappa shape index (κ2) is 8.43. The number of methoxy groups -OCH3 is 2. The molecule has 0 saturated heterocycles. The van der Waals surface area contributed by atoms with Crippen molar-refractivity contribution in [2.75, 3.05) is 26.1 Å². The minimum Gasteiger partial charge on any atom is -0.493 e. The van der Waals surface area contributed by atoms with Gasteiger partial charge in [-0.1, -0.05) is 0 Å². The van der Waals surface area contributed by atoms with E-state index in [2.05, 4.69) is 10.4 Å². The molecule has 1 heterocycles. The number of aromatic nitrogens is 2. The number of nitrogens with zero attached hydrogens (tertiary/aromatic N) is 2. The molecule has 0 unspecified atom stereocenters. The average molecular weight is 385 g/mol. The molecule has 3 aromatic rings. The van der Waals surface area contributed by atoms with E-state index < -0.39 is 5.91 Å². The maximum absolute atomic E-state index is 13.2. The van der Waals surface area contributed by atoms with Crippen LogP contribution in [0.3, 0.4) is 0 Å². The van der Waals surface area contributed by atoms with Crippen LogP contribution in [0.1, 0.15) is 17.4 Å². The molecule has 1 N–H and O–H groups in total. The Balaban J connectivity index is 1.89. The van der Waals surface area contributed by atoms with Crippen molar-refractivity contribution in [1.82, 2.24) is 9.78 Å². The van der Waals surface area contributed by atoms with Crippen molar-refractivity contribution in [3.63, 3.8) is 0 Å². The van der Waals surface area contributed by atoms with Crippen LogP contribution >= 0.6 is 0 Å². The highest BCUT2D eigenvalue weighted by Crippen LogP contribution is 2.30. The van der Waals surface area contributed by atoms with E-state index >= 15 is 0 Å². The number of hydrogen-bond donors (Lipinski definition) is 1. The van der Waals surface area contributed by atoms with Gasteiger partial charge >= 0.3 is 0 Å². The monoisotopic (exact) mass is 385 g/mol. The van der Waals surface area contributed by atoms with Gasteiger partial charge in [0.2, 0.25) is 0 Å². The Labute approximate surface area is 161 Å². The van der Waals surface area contributed by atoms with Crippen LogP contribution in [0.25, 0.3) is 5.69 Å². The van der Waals surface area contributed by atoms with Crippen LogP contribution in [0, 0.1) is 5.82 Å². The van der Waals surface area contributed by atoms with Gasteiger partial charge < -0.3 is 19.5 Å². The van der Waals surface area contributed by atoms with Crippen molar-refractivity contribution in [3.05, 3.63) is 60.2 Å². The largest absolute Gasteiger partial charge is 0.493 e. The lowest BCUT2D eigenvalue weighted by Gasteiger charge is -2.10. The summed E-state index contributed by atoms with van der Waals surface area (Å²) in [6.07, 6.45) is 1.58. The van der Waals surface area contributed by atoms with Crippen molar-refractivity contribution in [2.24, 2.45) is 0 Å². The van der Waals surface area contributed by atoms with Crippen molar-refractivity contribution >= 4 is 11.6 Å². The molecule has 0 radical (unpaired) electrons. The smallest absolute Gasteiger partial charge is 0.280 e. The fraction of sp³-hybridized carbons (Fsp3) is 0.200. The van der Waals surface area contributed by atoms with Gasteiger partial charge in [0.25, 0.3) is 5.91 Å². The summed E-state index contributed by atoms with van der Waals surface area (Å²) < 4.78 is 30.6. The normalized spacial score (nSPS) is 10.4. The van der Waals surface area contributed by atoms with E-state index in [4.69, 9.17) is 14.2 Å². The van der Waals surface area contributed by atoms with E-state index in [-0.39, 0.29) is 11.5 Å². The summed E-state index contributed by atoms with van der Waals surface area (Å²) in [5.74, 6) is 0.562. The number of anilines is 1. The first-order valence-electron chi connectivity index (χ1n) is 8.57. The number of halogens is 1. The first-order chi connectivity index (χ1) is 13.5. The van der Waals surface area contributed by atoms with Crippen molar-refractivity contribution in [2.45, 2.75) is 6.92 Å². The Bertz CT molecular complexity index is 970. The van der Waals surface area contributed by atoms with Crippen molar-refractivity contribution in [1.29, 1.82) is 0 Å². The summed E-state index contributed by atoms with van der Waals surface area (Å²) in [7, 11) is 3.05. The molecule has 2 aromatic carbocycles. The Kier molecular flexibility index (Phi) is 5.78. The Hall–Kier alpha value is -3.55. The van der Waals surface area contributed by atoms with Crippen LogP contribution < -0.4 is 19.5 Å². The number of amides is 1. The lowest BCUT2D eigenvalue weighted by molar-refractivity contribution is 0.101. The quantitative estimate of drug-likeness (QED) is 0.672. The summed E-state index contributed by atoms with van der Waals surface area (Å²) in [6.45, 7) is 2.18. The second-order valence-corrected chi connectivity index (χ2v) is 5.72. The third-order valence-electron chi connectivity index (χ3n) is 3.93. The summed E-state index contributed by atoms with van der Waals surface area (Å²) in [6, 6.07) is 10.8. The first-order valence-corrected chi connectivity index (χ1v) is 8.57. The van der Waals surface area contributed by atoms with Crippen molar-refractivity contribution in [3.8, 4) is 22.9 Å². The van der Waals surface area contributed by atoms with Gasteiger partial charge in [-0.3, -0.25) is 4.79 Å². The van der Waals surface area contributed by atoms with Gasteiger partial charge in [0.1, 0.15) is 5.82 Å². The summed E-state index contributed by atoms with van der Waals surface area (Å²) in [5.41, 5.74) is 1.23. The van der Waals surface area contributed by atoms with E-state index in [9.17, 15) is 9.18 Å². The van der Waals surface area contributed by atoms with Gasteiger partial charge in [0.15, 0.2) is 22.9 Å². The van der Waals surface area contributed by atoms with E-state index in [1.54, 1.807) is 36.5 Å². The summed E-state index contributed by atoms with van der Waals surface area (Å²) >= 11 is 0. The third-order valence-corrected chi connectivity index (χ3v) is 3.93. The zero-order chi connectivity index (χ0) is 20.1. The third kappa shape index (κ3) is 4.06. The predicted molar refractivity (Wildman–Crippen MR) is 102 cm³/mol. The second-order valence-electron chi connectivity index (χ2n) is 5.72. The molecule has 3 rings (SSSR count). The van der Waals surface area contributed by atoms with Crippen LogP contribution in [0.4, 0.5) is 10.1 Å². The standard InChI is InChI=1S/C20H20FN3O4/c1-4-28-18-12-24(15-8-5-13(21)6-9-15)23-19(18)20(25)22-14-7-10-16(26-2)17(11-14)27-3/h5-12H,4H2,1-3H3,(H,22,25). The first kappa shape index (κ1) is 19.2. The zero-order valence-corrected chi connectivity index (χ0v) is 15.7. The van der Waals surface area contributed by atoms with Gasteiger partial charge in [0.05, 0.1) is 32.7 Å². The molecule has 7 nitrogen and oxygen atoms in total. The number of nitrogens with one attached hydrogen (secondary N) is 1. The topological polar surface area (TPSA) is 74.6 Å². The Morgan fingerprint density at radius 1 is 1.07 bits per heavy atom. The van der Waals surface area contributed by atoms with Gasteiger partial charge in [0, 0.05) is 11.8 Å². The SMILES string of the molecule is CCOc1cn(-c2ccc(F)cc2)nc1C(=O)Nc1ccc(OC)c(OC)c1. The molecule has 1 aromatic heterocycles. The molecule has 0 spiro atoms. The highest BCUT2D eigenvalue weighted by atomic mass is 19.1. The van der Waals surface area contributed by atoms with E-state index in [1.165, 1.54) is 31.0 Å². The number of carbonyl (C=O) groups is 1. The molecule has 0 aliphatic carbocycles. The lowest BCUT2D eigenvalue weighted by atomic mass is 10.2. The van der Waals surface area contributed by atoms with E-state index in [0.29, 0.717) is 35.2 Å². The van der Waals surface area contributed by atoms with Gasteiger partial charge in [-0.25, -0.2) is 9.07 Å². The molecule has 0 aliphatic rings. The molecular formula is C20H20FN3O4. The maximum atomic E-state index is 13.2. The zero-order valence-electron chi connectivity index (χ0n) is 15.7. The lowest BCUT2D eigenvalue weighted by Crippen LogP contribution is -2.14. The average Bonchev–Trinajstić information content (AvgIpc) is 3.12. The molecule has 146 valence electrons. The van der Waals surface area contributed by atoms with Gasteiger partial charge in [-0.2, -0.15) is 5.10 Å². The molecule has 0 fully saturated rings. The molecular weight excluding hydrogens is 365 g/mol. The molecule has 28 heavy (non-hydrogen) atoms. The number of rotatable bonds is 7. The summed E-state index contributed by atoms with van der Waals surface area (Å²) in [4.78, 5) is 12.8. The van der Waals surface area contributed by atoms with E-state index in [0.717, 1.165) is 0 Å². The number of hydrogen-bond acceptors (Lipinski definition) is 5. The molecule has 1 amide bonds. The fourth-order valence-corrected chi connectivity index (χ4v) is 2.61. The highest BCUT2D eigenvalue weighted by Gasteiger charge is 2.19. The van der Waals surface area contributed by atoms with Gasteiger partial charge in [-0.05, 0) is 43.3 Å². The van der Waals surface area contributed by atoms with E-state index in [1.807, 2.05) is 6.92 Å². The highest BCUT2D eigenvalue weighted by molar-refractivity contribution is 6.04. The Morgan fingerprint density at radius 2 is 1.79 bits per heavy atom. The minimum atomic E-state index is -0.448. The number of carbonyl (C=O) groups excluding carboxylic acids is 1. The minimum absolute atomic E-state index is 0.112. The van der Waals surface area contributed by atoms with Crippen LogP contribution in [0.15, 0.2) is 48.7 Å². The van der Waals surface area contributed by atoms with Crippen LogP contribution in [0.2, 0.25) is 0 Å². The van der Waals surface area contributed by atoms with Crippen LogP contribution in [-0.4, -0.2) is 36.5 Å². The molecule has 0 bridgehead atoms. The number of benzene rings is 2. The van der Waals surface area contributed by atoms with Gasteiger partial charge in [-0.15, -0.1) is 0 Å².